The standard InChI is InChI=1S/C30H28N2O3S/c33-36(34,35)29-19-11-10-18-27(29)21-31-23-32(22-28(31)20-24-12-4-1-5-13-24)30(25-14-6-2-7-15-25)26-16-8-3-9-17-26/h1-19,23,28,30H,20-22H2/p+1/t28-/m0/s1. The highest BCUT2D eigenvalue weighted by molar-refractivity contribution is 7.85. The Bertz CT molecular complexity index is 1400. The van der Waals surface area contributed by atoms with Crippen molar-refractivity contribution in [1.82, 2.24) is 4.90 Å². The summed E-state index contributed by atoms with van der Waals surface area (Å²) in [5.74, 6) is 0. The first kappa shape index (κ1) is 24.0. The Morgan fingerprint density at radius 1 is 0.778 bits per heavy atom. The van der Waals surface area contributed by atoms with E-state index in [9.17, 15) is 13.0 Å². The van der Waals surface area contributed by atoms with E-state index in [0.29, 0.717) is 12.1 Å². The van der Waals surface area contributed by atoms with Gasteiger partial charge in [0.25, 0.3) is 10.1 Å². The van der Waals surface area contributed by atoms with Gasteiger partial charge in [0.2, 0.25) is 6.34 Å². The summed E-state index contributed by atoms with van der Waals surface area (Å²) in [4.78, 5) is 2.30. The average Bonchev–Trinajstić information content (AvgIpc) is 3.27. The van der Waals surface area contributed by atoms with Crippen LogP contribution in [0.3, 0.4) is 0 Å². The molecule has 0 spiro atoms. The quantitative estimate of drug-likeness (QED) is 0.269. The lowest BCUT2D eigenvalue weighted by molar-refractivity contribution is -0.567. The Balaban J connectivity index is 1.55. The van der Waals surface area contributed by atoms with E-state index < -0.39 is 10.1 Å². The van der Waals surface area contributed by atoms with Gasteiger partial charge in [0.15, 0.2) is 0 Å². The van der Waals surface area contributed by atoms with Crippen molar-refractivity contribution in [2.24, 2.45) is 0 Å². The molecule has 0 amide bonds. The fourth-order valence-corrected chi connectivity index (χ4v) is 5.73. The summed E-state index contributed by atoms with van der Waals surface area (Å²) < 4.78 is 36.1. The molecule has 0 aromatic heterocycles. The van der Waals surface area contributed by atoms with E-state index in [0.717, 1.165) is 13.0 Å². The van der Waals surface area contributed by atoms with E-state index in [2.05, 4.69) is 76.5 Å². The van der Waals surface area contributed by atoms with Gasteiger partial charge in [-0.1, -0.05) is 109 Å². The monoisotopic (exact) mass is 497 g/mol. The second-order valence-electron chi connectivity index (χ2n) is 9.13. The third-order valence-electron chi connectivity index (χ3n) is 6.67. The first-order valence-corrected chi connectivity index (χ1v) is 13.5. The van der Waals surface area contributed by atoms with Crippen LogP contribution in [0.4, 0.5) is 0 Å². The van der Waals surface area contributed by atoms with E-state index in [4.69, 9.17) is 0 Å². The molecule has 6 heteroatoms. The van der Waals surface area contributed by atoms with Gasteiger partial charge in [0.1, 0.15) is 30.1 Å². The lowest BCUT2D eigenvalue weighted by Crippen LogP contribution is -2.31. The van der Waals surface area contributed by atoms with Crippen molar-refractivity contribution in [3.63, 3.8) is 0 Å². The van der Waals surface area contributed by atoms with E-state index in [-0.39, 0.29) is 17.0 Å². The number of hydrogen-bond acceptors (Lipinski definition) is 3. The summed E-state index contributed by atoms with van der Waals surface area (Å²) in [6.07, 6.45) is 2.94. The molecule has 5 rings (SSSR count). The van der Waals surface area contributed by atoms with Gasteiger partial charge >= 0.3 is 0 Å². The molecule has 36 heavy (non-hydrogen) atoms. The molecule has 1 heterocycles. The minimum atomic E-state index is -4.32. The van der Waals surface area contributed by atoms with Crippen LogP contribution < -0.4 is 0 Å². The fourth-order valence-electron chi connectivity index (χ4n) is 5.02. The molecule has 0 radical (unpaired) electrons. The molecule has 0 saturated heterocycles. The van der Waals surface area contributed by atoms with Crippen LogP contribution >= 0.6 is 0 Å². The van der Waals surface area contributed by atoms with Crippen molar-refractivity contribution < 1.29 is 17.5 Å². The van der Waals surface area contributed by atoms with Crippen molar-refractivity contribution in [3.05, 3.63) is 138 Å². The lowest BCUT2D eigenvalue weighted by atomic mass is 9.97. The zero-order valence-corrected chi connectivity index (χ0v) is 20.7. The Morgan fingerprint density at radius 2 is 1.31 bits per heavy atom. The fraction of sp³-hybridized carbons (Fsp3) is 0.167. The summed E-state index contributed by atoms with van der Waals surface area (Å²) in [7, 11) is -4.32. The number of nitrogens with zero attached hydrogens (tertiary/aromatic N) is 2. The third-order valence-corrected chi connectivity index (χ3v) is 7.62. The van der Waals surface area contributed by atoms with Crippen LogP contribution in [0.15, 0.2) is 120 Å². The molecule has 4 aromatic carbocycles. The van der Waals surface area contributed by atoms with E-state index >= 15 is 0 Å². The van der Waals surface area contributed by atoms with E-state index in [1.807, 2.05) is 30.3 Å². The van der Waals surface area contributed by atoms with Crippen LogP contribution in [0, 0.1) is 0 Å². The number of rotatable bonds is 8. The van der Waals surface area contributed by atoms with Gasteiger partial charge in [-0.3, -0.25) is 14.0 Å². The molecule has 1 aliphatic heterocycles. The zero-order chi connectivity index (χ0) is 25.0. The molecular weight excluding hydrogens is 468 g/mol. The third kappa shape index (κ3) is 5.40. The second-order valence-corrected chi connectivity index (χ2v) is 10.5. The molecular formula is C30H29N2O3S+. The highest BCUT2D eigenvalue weighted by Gasteiger charge is 2.37. The maximum atomic E-state index is 12.1. The molecule has 0 unspecified atom stereocenters. The van der Waals surface area contributed by atoms with Gasteiger partial charge in [-0.05, 0) is 11.6 Å². The van der Waals surface area contributed by atoms with Crippen LogP contribution in [-0.2, 0) is 23.1 Å². The molecule has 5 nitrogen and oxygen atoms in total. The first-order chi connectivity index (χ1) is 17.5. The Kier molecular flexibility index (Phi) is 6.98. The van der Waals surface area contributed by atoms with Crippen molar-refractivity contribution in [2.75, 3.05) is 6.54 Å². The van der Waals surface area contributed by atoms with Crippen molar-refractivity contribution in [1.29, 1.82) is 0 Å². The highest BCUT2D eigenvalue weighted by atomic mass is 32.2. The molecule has 4 aromatic rings. The SMILES string of the molecule is O=S(=O)(O)c1ccccc1C[N+]1=CN(C(c2ccccc2)c2ccccc2)C[C@@H]1Cc1ccccc1. The van der Waals surface area contributed by atoms with E-state index in [1.165, 1.54) is 22.8 Å². The lowest BCUT2D eigenvalue weighted by Gasteiger charge is -2.22. The van der Waals surface area contributed by atoms with Gasteiger partial charge in [-0.2, -0.15) is 8.42 Å². The van der Waals surface area contributed by atoms with Gasteiger partial charge < -0.3 is 0 Å². The predicted octanol–water partition coefficient (Wildman–Crippen LogP) is 5.19. The Morgan fingerprint density at radius 3 is 1.89 bits per heavy atom. The minimum Gasteiger partial charge on any atom is -0.282 e. The summed E-state index contributed by atoms with van der Waals surface area (Å²) in [6.45, 7) is 1.15. The maximum absolute atomic E-state index is 12.1. The second kappa shape index (κ2) is 10.5. The van der Waals surface area contributed by atoms with Crippen LogP contribution in [0.2, 0.25) is 0 Å². The minimum absolute atomic E-state index is 0.0208. The van der Waals surface area contributed by atoms with E-state index in [1.54, 1.807) is 18.2 Å². The van der Waals surface area contributed by atoms with Gasteiger partial charge in [-0.25, -0.2) is 0 Å². The van der Waals surface area contributed by atoms with Crippen LogP contribution in [-0.4, -0.2) is 41.4 Å². The summed E-state index contributed by atoms with van der Waals surface area (Å²) in [5, 5.41) is 0. The van der Waals surface area contributed by atoms with Crippen molar-refractivity contribution in [2.45, 2.75) is 29.9 Å². The molecule has 1 aliphatic rings. The predicted molar refractivity (Wildman–Crippen MR) is 142 cm³/mol. The Labute approximate surface area is 212 Å². The molecule has 0 aliphatic carbocycles. The smallest absolute Gasteiger partial charge is 0.282 e. The molecule has 0 fully saturated rings. The molecule has 1 N–H and O–H groups in total. The molecule has 1 atom stereocenters. The van der Waals surface area contributed by atoms with Crippen LogP contribution in [0.1, 0.15) is 28.3 Å². The molecule has 182 valence electrons. The Hall–Kier alpha value is -3.74. The summed E-state index contributed by atoms with van der Waals surface area (Å²) in [6, 6.07) is 38.0. The van der Waals surface area contributed by atoms with Gasteiger partial charge in [0, 0.05) is 23.1 Å². The topological polar surface area (TPSA) is 60.6 Å². The maximum Gasteiger partial charge on any atom is 0.294 e. The number of benzene rings is 4. The zero-order valence-electron chi connectivity index (χ0n) is 19.9. The van der Waals surface area contributed by atoms with Crippen molar-refractivity contribution >= 4 is 16.5 Å². The van der Waals surface area contributed by atoms with Gasteiger partial charge in [-0.15, -0.1) is 0 Å². The largest absolute Gasteiger partial charge is 0.294 e. The van der Waals surface area contributed by atoms with Crippen LogP contribution in [0.25, 0.3) is 0 Å². The van der Waals surface area contributed by atoms with Gasteiger partial charge in [0.05, 0.1) is 0 Å². The average molecular weight is 498 g/mol. The number of hydrogen-bond donors (Lipinski definition) is 1. The molecule has 0 bridgehead atoms. The molecule has 0 saturated carbocycles. The van der Waals surface area contributed by atoms with Crippen LogP contribution in [0.5, 0.6) is 0 Å². The highest BCUT2D eigenvalue weighted by Crippen LogP contribution is 2.31. The summed E-state index contributed by atoms with van der Waals surface area (Å²) >= 11 is 0. The van der Waals surface area contributed by atoms with Crippen molar-refractivity contribution in [3.8, 4) is 0 Å². The first-order valence-electron chi connectivity index (χ1n) is 12.0. The normalized spacial score (nSPS) is 15.8. The summed E-state index contributed by atoms with van der Waals surface area (Å²) in [5.41, 5.74) is 4.19.